The van der Waals surface area contributed by atoms with Gasteiger partial charge in [-0.2, -0.15) is 5.10 Å². The molecule has 0 N–H and O–H groups in total. The minimum absolute atomic E-state index is 0.0451. The van der Waals surface area contributed by atoms with Gasteiger partial charge in [-0.15, -0.1) is 0 Å². The molecule has 1 aromatic carbocycles. The van der Waals surface area contributed by atoms with Crippen LogP contribution in [0.4, 0.5) is 0 Å². The lowest BCUT2D eigenvalue weighted by Crippen LogP contribution is -2.49. The van der Waals surface area contributed by atoms with Crippen LogP contribution in [-0.2, 0) is 20.8 Å². The molecule has 28 heavy (non-hydrogen) atoms. The van der Waals surface area contributed by atoms with Crippen molar-refractivity contribution in [3.8, 4) is 0 Å². The summed E-state index contributed by atoms with van der Waals surface area (Å²) < 4.78 is 12.4. The van der Waals surface area contributed by atoms with Gasteiger partial charge in [-0.05, 0) is 26.3 Å². The summed E-state index contributed by atoms with van der Waals surface area (Å²) in [4.78, 5) is 26.5. The van der Waals surface area contributed by atoms with Gasteiger partial charge in [0.2, 0.25) is 0 Å². The molecule has 2 heterocycles. The summed E-state index contributed by atoms with van der Waals surface area (Å²) in [5.41, 5.74) is 1.67. The zero-order valence-corrected chi connectivity index (χ0v) is 17.0. The number of rotatable bonds is 5. The molecule has 1 aliphatic rings. The summed E-state index contributed by atoms with van der Waals surface area (Å²) in [5, 5.41) is 4.54. The number of ether oxygens (including phenoxy) is 2. The second-order valence-electron chi connectivity index (χ2n) is 7.03. The highest BCUT2D eigenvalue weighted by Crippen LogP contribution is 2.22. The Hall–Kier alpha value is -2.38. The topological polar surface area (TPSA) is 73.7 Å². The first-order chi connectivity index (χ1) is 13.3. The predicted molar refractivity (Wildman–Crippen MR) is 104 cm³/mol. The average Bonchev–Trinajstić information content (AvgIpc) is 2.93. The van der Waals surface area contributed by atoms with Gasteiger partial charge in [-0.1, -0.05) is 41.9 Å². The van der Waals surface area contributed by atoms with Gasteiger partial charge in [0, 0.05) is 13.1 Å². The fraction of sp³-hybridized carbons (Fsp3) is 0.450. The summed E-state index contributed by atoms with van der Waals surface area (Å²) in [6, 6.07) is 9.68. The maximum absolute atomic E-state index is 12.5. The van der Waals surface area contributed by atoms with E-state index in [1.165, 1.54) is 0 Å². The Bertz CT molecular complexity index is 843. The first-order valence-electron chi connectivity index (χ1n) is 9.22. The summed E-state index contributed by atoms with van der Waals surface area (Å²) in [6.07, 6.45) is -0.0902. The molecule has 7 nitrogen and oxygen atoms in total. The van der Waals surface area contributed by atoms with Crippen LogP contribution in [0.1, 0.15) is 35.5 Å². The Morgan fingerprint density at radius 3 is 2.50 bits per heavy atom. The maximum atomic E-state index is 12.5. The zero-order valence-electron chi connectivity index (χ0n) is 16.2. The smallest absolute Gasteiger partial charge is 0.343 e. The van der Waals surface area contributed by atoms with Gasteiger partial charge in [0.1, 0.15) is 10.7 Å². The second-order valence-corrected chi connectivity index (χ2v) is 7.38. The van der Waals surface area contributed by atoms with Crippen LogP contribution in [-0.4, -0.2) is 58.5 Å². The molecule has 1 aliphatic heterocycles. The van der Waals surface area contributed by atoms with E-state index in [0.717, 1.165) is 5.56 Å². The molecule has 150 valence electrons. The number of esters is 1. The van der Waals surface area contributed by atoms with Gasteiger partial charge in [-0.25, -0.2) is 9.48 Å². The molecule has 1 saturated heterocycles. The molecule has 1 amide bonds. The number of aryl methyl sites for hydroxylation is 1. The van der Waals surface area contributed by atoms with E-state index in [1.54, 1.807) is 16.5 Å². The number of hydrogen-bond donors (Lipinski definition) is 0. The minimum Gasteiger partial charge on any atom is -0.452 e. The predicted octanol–water partition coefficient (Wildman–Crippen LogP) is 2.69. The number of hydrogen-bond acceptors (Lipinski definition) is 5. The number of benzene rings is 1. The lowest BCUT2D eigenvalue weighted by Gasteiger charge is -2.35. The Morgan fingerprint density at radius 1 is 1.21 bits per heavy atom. The van der Waals surface area contributed by atoms with E-state index < -0.39 is 5.97 Å². The van der Waals surface area contributed by atoms with Gasteiger partial charge < -0.3 is 14.4 Å². The van der Waals surface area contributed by atoms with Gasteiger partial charge >= 0.3 is 5.97 Å². The zero-order chi connectivity index (χ0) is 20.3. The average molecular weight is 406 g/mol. The SMILES string of the molecule is Cc1nn(Cc2ccccc2)c(Cl)c1C(=O)OCC(=O)N1C[C@H](C)O[C@@H](C)C1. The fourth-order valence-electron chi connectivity index (χ4n) is 3.32. The van der Waals surface area contributed by atoms with E-state index >= 15 is 0 Å². The third kappa shape index (κ3) is 4.72. The number of carbonyl (C=O) groups excluding carboxylic acids is 2. The quantitative estimate of drug-likeness (QED) is 0.715. The van der Waals surface area contributed by atoms with Crippen LogP contribution in [0.2, 0.25) is 5.15 Å². The minimum atomic E-state index is -0.649. The molecule has 3 rings (SSSR count). The van der Waals surface area contributed by atoms with Gasteiger partial charge in [-0.3, -0.25) is 4.79 Å². The standard InChI is InChI=1S/C20H24ClN3O4/c1-13-9-23(10-14(2)28-13)17(25)12-27-20(26)18-15(3)22-24(19(18)21)11-16-7-5-4-6-8-16/h4-8,13-14H,9-12H2,1-3H3/t13-,14-/m0/s1. The summed E-state index contributed by atoms with van der Waals surface area (Å²) in [7, 11) is 0. The number of nitrogens with zero attached hydrogens (tertiary/aromatic N) is 3. The summed E-state index contributed by atoms with van der Waals surface area (Å²) >= 11 is 6.36. The molecule has 0 aliphatic carbocycles. The van der Waals surface area contributed by atoms with Crippen molar-refractivity contribution in [1.82, 2.24) is 14.7 Å². The molecule has 2 aromatic rings. The number of aromatic nitrogens is 2. The van der Waals surface area contributed by atoms with E-state index in [4.69, 9.17) is 21.1 Å². The lowest BCUT2D eigenvalue weighted by atomic mass is 10.2. The van der Waals surface area contributed by atoms with Gasteiger partial charge in [0.05, 0.1) is 24.4 Å². The number of morpholine rings is 1. The molecule has 0 unspecified atom stereocenters. The monoisotopic (exact) mass is 405 g/mol. The molecule has 2 atom stereocenters. The largest absolute Gasteiger partial charge is 0.452 e. The van der Waals surface area contributed by atoms with Crippen molar-refractivity contribution in [3.05, 3.63) is 52.3 Å². The molecule has 8 heteroatoms. The normalized spacial score (nSPS) is 19.5. The Morgan fingerprint density at radius 2 is 1.86 bits per heavy atom. The molecule has 0 radical (unpaired) electrons. The molecule has 0 bridgehead atoms. The molecule has 1 fully saturated rings. The Kier molecular flexibility index (Phi) is 6.36. The van der Waals surface area contributed by atoms with Crippen LogP contribution in [0.15, 0.2) is 30.3 Å². The van der Waals surface area contributed by atoms with E-state index in [0.29, 0.717) is 25.3 Å². The van der Waals surface area contributed by atoms with Gasteiger partial charge in [0.25, 0.3) is 5.91 Å². The summed E-state index contributed by atoms with van der Waals surface area (Å²) in [5.74, 6) is -0.898. The third-order valence-electron chi connectivity index (χ3n) is 4.54. The highest BCUT2D eigenvalue weighted by atomic mass is 35.5. The summed E-state index contributed by atoms with van der Waals surface area (Å²) in [6.45, 7) is 6.58. The lowest BCUT2D eigenvalue weighted by molar-refractivity contribution is -0.146. The number of amides is 1. The van der Waals surface area contributed by atoms with Crippen molar-refractivity contribution >= 4 is 23.5 Å². The highest BCUT2D eigenvalue weighted by molar-refractivity contribution is 6.32. The van der Waals surface area contributed by atoms with Crippen LogP contribution < -0.4 is 0 Å². The molecular weight excluding hydrogens is 382 g/mol. The third-order valence-corrected chi connectivity index (χ3v) is 4.93. The van der Waals surface area contributed by atoms with Crippen molar-refractivity contribution < 1.29 is 19.1 Å². The van der Waals surface area contributed by atoms with Gasteiger partial charge in [0.15, 0.2) is 6.61 Å². The van der Waals surface area contributed by atoms with Crippen LogP contribution in [0.25, 0.3) is 0 Å². The van der Waals surface area contributed by atoms with Crippen LogP contribution in [0, 0.1) is 6.92 Å². The van der Waals surface area contributed by atoms with E-state index in [1.807, 2.05) is 44.2 Å². The first kappa shape index (κ1) is 20.4. The van der Waals surface area contributed by atoms with Crippen LogP contribution in [0.5, 0.6) is 0 Å². The van der Waals surface area contributed by atoms with Crippen molar-refractivity contribution in [2.24, 2.45) is 0 Å². The fourth-order valence-corrected chi connectivity index (χ4v) is 3.63. The number of halogens is 1. The van der Waals surface area contributed by atoms with E-state index in [-0.39, 0.29) is 35.4 Å². The van der Waals surface area contributed by atoms with Crippen LogP contribution in [0.3, 0.4) is 0 Å². The van der Waals surface area contributed by atoms with Crippen molar-refractivity contribution in [2.45, 2.75) is 39.5 Å². The van der Waals surface area contributed by atoms with Crippen molar-refractivity contribution in [3.63, 3.8) is 0 Å². The molecular formula is C20H24ClN3O4. The molecule has 1 aromatic heterocycles. The highest BCUT2D eigenvalue weighted by Gasteiger charge is 2.28. The first-order valence-corrected chi connectivity index (χ1v) is 9.60. The molecule has 0 saturated carbocycles. The van der Waals surface area contributed by atoms with E-state index in [2.05, 4.69) is 5.10 Å². The molecule has 0 spiro atoms. The Labute approximate surface area is 169 Å². The number of carbonyl (C=O) groups is 2. The second kappa shape index (κ2) is 8.75. The van der Waals surface area contributed by atoms with Crippen LogP contribution >= 0.6 is 11.6 Å². The van der Waals surface area contributed by atoms with Crippen molar-refractivity contribution in [1.29, 1.82) is 0 Å². The van der Waals surface area contributed by atoms with E-state index in [9.17, 15) is 9.59 Å². The maximum Gasteiger partial charge on any atom is 0.343 e. The Balaban J connectivity index is 1.63. The van der Waals surface area contributed by atoms with Crippen molar-refractivity contribution in [2.75, 3.05) is 19.7 Å².